The van der Waals surface area contributed by atoms with Gasteiger partial charge in [0.15, 0.2) is 6.04 Å². The van der Waals surface area contributed by atoms with E-state index in [1.807, 2.05) is 22.6 Å². The van der Waals surface area contributed by atoms with Crippen LogP contribution in [0.5, 0.6) is 5.75 Å². The molecular formula is C9H11INO3+. The zero-order chi connectivity index (χ0) is 10.7. The summed E-state index contributed by atoms with van der Waals surface area (Å²) < 4.78 is 0.720. The summed E-state index contributed by atoms with van der Waals surface area (Å²) in [6.45, 7) is 0. The molecule has 0 amide bonds. The molecular weight excluding hydrogens is 297 g/mol. The van der Waals surface area contributed by atoms with Crippen LogP contribution in [0.4, 0.5) is 0 Å². The molecule has 76 valence electrons. The molecule has 0 saturated carbocycles. The van der Waals surface area contributed by atoms with Crippen molar-refractivity contribution in [3.05, 3.63) is 27.3 Å². The number of aromatic hydroxyl groups is 1. The Balaban J connectivity index is 2.78. The molecule has 0 spiro atoms. The zero-order valence-corrected chi connectivity index (χ0v) is 9.56. The number of carboxylic acids is 1. The molecule has 0 heterocycles. The fourth-order valence-corrected chi connectivity index (χ4v) is 1.63. The van der Waals surface area contributed by atoms with Crippen molar-refractivity contribution in [3.63, 3.8) is 0 Å². The van der Waals surface area contributed by atoms with E-state index in [1.165, 1.54) is 0 Å². The van der Waals surface area contributed by atoms with Crippen LogP contribution in [0, 0.1) is 3.57 Å². The molecule has 0 aliphatic carbocycles. The molecule has 0 fully saturated rings. The Kier molecular flexibility index (Phi) is 3.70. The third-order valence-electron chi connectivity index (χ3n) is 1.84. The molecule has 1 aromatic carbocycles. The summed E-state index contributed by atoms with van der Waals surface area (Å²) in [5.41, 5.74) is 4.39. The number of hydrogen-bond donors (Lipinski definition) is 3. The second-order valence-electron chi connectivity index (χ2n) is 3.03. The van der Waals surface area contributed by atoms with Crippen LogP contribution in [0.15, 0.2) is 18.2 Å². The standard InChI is InChI=1S/C9H10INO3/c10-6-3-5(1-2-8(6)12)4-7(11)9(13)14/h1-3,7,12H,4,11H2,(H,13,14)/p+1/t7-/m0/s1. The van der Waals surface area contributed by atoms with Gasteiger partial charge in [-0.05, 0) is 40.3 Å². The number of hydrogen-bond acceptors (Lipinski definition) is 2. The normalized spacial score (nSPS) is 12.4. The Labute approximate surface area is 94.9 Å². The number of rotatable bonds is 3. The highest BCUT2D eigenvalue weighted by Gasteiger charge is 2.16. The van der Waals surface area contributed by atoms with Crippen LogP contribution in [0.1, 0.15) is 5.56 Å². The van der Waals surface area contributed by atoms with Crippen LogP contribution < -0.4 is 5.73 Å². The van der Waals surface area contributed by atoms with Gasteiger partial charge in [0.1, 0.15) is 5.75 Å². The molecule has 0 bridgehead atoms. The maximum Gasteiger partial charge on any atom is 0.362 e. The molecule has 0 aliphatic heterocycles. The number of quaternary nitrogens is 1. The Bertz CT molecular complexity index is 354. The fourth-order valence-electron chi connectivity index (χ4n) is 1.05. The number of carbonyl (C=O) groups is 1. The minimum atomic E-state index is -0.909. The third kappa shape index (κ3) is 2.85. The minimum absolute atomic E-state index is 0.213. The van der Waals surface area contributed by atoms with E-state index < -0.39 is 12.0 Å². The number of phenolic OH excluding ortho intramolecular Hbond substituents is 1. The predicted octanol–water partition coefficient (Wildman–Crippen LogP) is 0.234. The molecule has 0 radical (unpaired) electrons. The number of benzene rings is 1. The van der Waals surface area contributed by atoms with Gasteiger partial charge in [0.2, 0.25) is 0 Å². The van der Waals surface area contributed by atoms with E-state index in [4.69, 9.17) is 5.11 Å². The summed E-state index contributed by atoms with van der Waals surface area (Å²) in [6, 6.07) is 4.39. The average Bonchev–Trinajstić information content (AvgIpc) is 2.11. The SMILES string of the molecule is [NH3+][C@@H](Cc1ccc(O)c(I)c1)C(=O)O. The zero-order valence-electron chi connectivity index (χ0n) is 7.40. The first-order valence-electron chi connectivity index (χ1n) is 4.04. The van der Waals surface area contributed by atoms with Gasteiger partial charge in [-0.2, -0.15) is 0 Å². The second kappa shape index (κ2) is 4.61. The first-order valence-corrected chi connectivity index (χ1v) is 5.12. The van der Waals surface area contributed by atoms with Gasteiger partial charge < -0.3 is 15.9 Å². The Hall–Kier alpha value is -0.820. The Morgan fingerprint density at radius 3 is 2.71 bits per heavy atom. The van der Waals surface area contributed by atoms with Crippen molar-refractivity contribution < 1.29 is 20.7 Å². The highest BCUT2D eigenvalue weighted by molar-refractivity contribution is 14.1. The Morgan fingerprint density at radius 2 is 2.21 bits per heavy atom. The summed E-state index contributed by atoms with van der Waals surface area (Å²) in [4.78, 5) is 10.5. The average molecular weight is 308 g/mol. The lowest BCUT2D eigenvalue weighted by molar-refractivity contribution is -0.407. The largest absolute Gasteiger partial charge is 0.507 e. The second-order valence-corrected chi connectivity index (χ2v) is 4.19. The molecule has 14 heavy (non-hydrogen) atoms. The van der Waals surface area contributed by atoms with Crippen molar-refractivity contribution in [1.29, 1.82) is 0 Å². The predicted molar refractivity (Wildman–Crippen MR) is 58.8 cm³/mol. The summed E-state index contributed by atoms with van der Waals surface area (Å²) in [5.74, 6) is -0.696. The van der Waals surface area contributed by atoms with E-state index >= 15 is 0 Å². The fraction of sp³-hybridized carbons (Fsp3) is 0.222. The number of carboxylic acid groups (broad SMARTS) is 1. The van der Waals surface area contributed by atoms with Crippen molar-refractivity contribution >= 4 is 28.6 Å². The number of phenols is 1. The van der Waals surface area contributed by atoms with Gasteiger partial charge in [0.05, 0.1) is 3.57 Å². The van der Waals surface area contributed by atoms with Gasteiger partial charge in [-0.25, -0.2) is 4.79 Å². The molecule has 5 heteroatoms. The quantitative estimate of drug-likeness (QED) is 0.699. The highest BCUT2D eigenvalue weighted by atomic mass is 127. The highest BCUT2D eigenvalue weighted by Crippen LogP contribution is 2.20. The van der Waals surface area contributed by atoms with Crippen molar-refractivity contribution in [2.45, 2.75) is 12.5 Å². The van der Waals surface area contributed by atoms with E-state index in [9.17, 15) is 9.90 Å². The maximum absolute atomic E-state index is 10.5. The number of aliphatic carboxylic acids is 1. The van der Waals surface area contributed by atoms with Crippen LogP contribution in [-0.4, -0.2) is 22.2 Å². The molecule has 1 rings (SSSR count). The molecule has 0 unspecified atom stereocenters. The van der Waals surface area contributed by atoms with Gasteiger partial charge in [-0.1, -0.05) is 6.07 Å². The van der Waals surface area contributed by atoms with Gasteiger partial charge in [-0.15, -0.1) is 0 Å². The van der Waals surface area contributed by atoms with Gasteiger partial charge in [-0.3, -0.25) is 0 Å². The summed E-state index contributed by atoms with van der Waals surface area (Å²) in [7, 11) is 0. The molecule has 0 saturated heterocycles. The lowest BCUT2D eigenvalue weighted by atomic mass is 10.1. The molecule has 4 nitrogen and oxygen atoms in total. The minimum Gasteiger partial charge on any atom is -0.507 e. The first kappa shape index (κ1) is 11.3. The number of halogens is 1. The molecule has 0 aromatic heterocycles. The van der Waals surface area contributed by atoms with E-state index in [1.54, 1.807) is 18.2 Å². The summed E-state index contributed by atoms with van der Waals surface area (Å²) >= 11 is 2.00. The maximum atomic E-state index is 10.5. The summed E-state index contributed by atoms with van der Waals surface area (Å²) in [6.07, 6.45) is 0.381. The van der Waals surface area contributed by atoms with Crippen molar-refractivity contribution in [2.24, 2.45) is 0 Å². The van der Waals surface area contributed by atoms with Gasteiger partial charge in [0.25, 0.3) is 0 Å². The van der Waals surface area contributed by atoms with E-state index in [2.05, 4.69) is 5.73 Å². The van der Waals surface area contributed by atoms with Crippen molar-refractivity contribution in [2.75, 3.05) is 0 Å². The molecule has 1 atom stereocenters. The van der Waals surface area contributed by atoms with Crippen LogP contribution in [0.2, 0.25) is 0 Å². The van der Waals surface area contributed by atoms with E-state index in [0.29, 0.717) is 6.42 Å². The molecule has 0 aliphatic rings. The van der Waals surface area contributed by atoms with Crippen LogP contribution >= 0.6 is 22.6 Å². The summed E-state index contributed by atoms with van der Waals surface area (Å²) in [5, 5.41) is 17.9. The van der Waals surface area contributed by atoms with Crippen molar-refractivity contribution in [1.82, 2.24) is 0 Å². The van der Waals surface area contributed by atoms with E-state index in [0.717, 1.165) is 9.13 Å². The van der Waals surface area contributed by atoms with Gasteiger partial charge in [0, 0.05) is 6.42 Å². The molecule has 1 aromatic rings. The molecule has 5 N–H and O–H groups in total. The monoisotopic (exact) mass is 308 g/mol. The lowest BCUT2D eigenvalue weighted by Crippen LogP contribution is -2.65. The van der Waals surface area contributed by atoms with Crippen LogP contribution in [-0.2, 0) is 11.2 Å². The van der Waals surface area contributed by atoms with Crippen molar-refractivity contribution in [3.8, 4) is 5.75 Å². The third-order valence-corrected chi connectivity index (χ3v) is 2.71. The van der Waals surface area contributed by atoms with Crippen LogP contribution in [0.3, 0.4) is 0 Å². The Morgan fingerprint density at radius 1 is 1.57 bits per heavy atom. The van der Waals surface area contributed by atoms with E-state index in [-0.39, 0.29) is 5.75 Å². The van der Waals surface area contributed by atoms with Gasteiger partial charge >= 0.3 is 5.97 Å². The first-order chi connectivity index (χ1) is 6.50. The topological polar surface area (TPSA) is 85.2 Å². The van der Waals surface area contributed by atoms with Crippen LogP contribution in [0.25, 0.3) is 0 Å². The smallest absolute Gasteiger partial charge is 0.362 e. The lowest BCUT2D eigenvalue weighted by Gasteiger charge is -2.04.